The van der Waals surface area contributed by atoms with Crippen molar-refractivity contribution in [3.05, 3.63) is 64.4 Å². The quantitative estimate of drug-likeness (QED) is 0.649. The van der Waals surface area contributed by atoms with Crippen molar-refractivity contribution in [1.29, 1.82) is 0 Å². The molecule has 8 nitrogen and oxygen atoms in total. The third-order valence-corrected chi connectivity index (χ3v) is 6.49. The van der Waals surface area contributed by atoms with E-state index in [1.807, 2.05) is 0 Å². The average molecular weight is 429 g/mol. The molecule has 0 saturated heterocycles. The first-order valence-electron chi connectivity index (χ1n) is 9.26. The summed E-state index contributed by atoms with van der Waals surface area (Å²) in [6, 6.07) is 12.7. The number of pyridine rings is 1. The molecule has 1 N–H and O–H groups in total. The van der Waals surface area contributed by atoms with Crippen LogP contribution in [0.15, 0.2) is 58.2 Å². The van der Waals surface area contributed by atoms with Crippen LogP contribution in [-0.2, 0) is 17.1 Å². The summed E-state index contributed by atoms with van der Waals surface area (Å²) >= 11 is 0. The van der Waals surface area contributed by atoms with Crippen molar-refractivity contribution in [2.75, 3.05) is 26.0 Å². The zero-order valence-electron chi connectivity index (χ0n) is 17.2. The van der Waals surface area contributed by atoms with E-state index in [4.69, 9.17) is 4.74 Å². The number of hydrogen-bond acceptors (Lipinski definition) is 5. The molecule has 30 heavy (non-hydrogen) atoms. The molecule has 1 heterocycles. The van der Waals surface area contributed by atoms with Gasteiger partial charge in [0.25, 0.3) is 11.5 Å². The second-order valence-corrected chi connectivity index (χ2v) is 8.93. The molecule has 0 radical (unpaired) electrons. The molecule has 3 aromatic rings. The summed E-state index contributed by atoms with van der Waals surface area (Å²) < 4.78 is 33.3. The molecular weight excluding hydrogens is 406 g/mol. The van der Waals surface area contributed by atoms with Crippen LogP contribution in [0.4, 0.5) is 5.69 Å². The van der Waals surface area contributed by atoms with E-state index in [-0.39, 0.29) is 27.5 Å². The van der Waals surface area contributed by atoms with Gasteiger partial charge in [0.15, 0.2) is 0 Å². The first kappa shape index (κ1) is 21.5. The Kier molecular flexibility index (Phi) is 5.95. The molecule has 0 aliphatic carbocycles. The smallest absolute Gasteiger partial charge is 0.256 e. The first-order chi connectivity index (χ1) is 14.2. The molecule has 1 aromatic heterocycles. The van der Waals surface area contributed by atoms with Crippen molar-refractivity contribution in [2.24, 2.45) is 7.05 Å². The number of nitrogens with one attached hydrogen (secondary N) is 1. The number of rotatable bonds is 6. The molecule has 3 rings (SSSR count). The number of fused-ring (bicyclic) bond motifs is 1. The largest absolute Gasteiger partial charge is 0.492 e. The maximum Gasteiger partial charge on any atom is 0.256 e. The standard InChI is InChI=1S/C21H23N3O5S/c1-5-29-18-11-10-14(12-19(18)30(27,28)23(2)3)22-21(26)16-13-20(25)24(4)17-9-7-6-8-15(16)17/h6-13H,5H2,1-4H3,(H,22,26). The fourth-order valence-electron chi connectivity index (χ4n) is 3.06. The van der Waals surface area contributed by atoms with E-state index in [1.54, 1.807) is 44.3 Å². The van der Waals surface area contributed by atoms with Crippen LogP contribution in [0.2, 0.25) is 0 Å². The van der Waals surface area contributed by atoms with Gasteiger partial charge in [-0.25, -0.2) is 12.7 Å². The van der Waals surface area contributed by atoms with Crippen LogP contribution >= 0.6 is 0 Å². The van der Waals surface area contributed by atoms with Gasteiger partial charge in [-0.1, -0.05) is 18.2 Å². The lowest BCUT2D eigenvalue weighted by atomic mass is 10.1. The predicted molar refractivity (Wildman–Crippen MR) is 116 cm³/mol. The van der Waals surface area contributed by atoms with Crippen molar-refractivity contribution in [1.82, 2.24) is 8.87 Å². The Morgan fingerprint density at radius 3 is 2.50 bits per heavy atom. The van der Waals surface area contributed by atoms with E-state index < -0.39 is 15.9 Å². The fraction of sp³-hybridized carbons (Fsp3) is 0.238. The number of amides is 1. The highest BCUT2D eigenvalue weighted by Crippen LogP contribution is 2.29. The van der Waals surface area contributed by atoms with Gasteiger partial charge < -0.3 is 14.6 Å². The molecule has 0 spiro atoms. The van der Waals surface area contributed by atoms with Gasteiger partial charge >= 0.3 is 0 Å². The molecule has 0 aliphatic rings. The van der Waals surface area contributed by atoms with Crippen LogP contribution in [0.25, 0.3) is 10.9 Å². The van der Waals surface area contributed by atoms with E-state index >= 15 is 0 Å². The molecule has 9 heteroatoms. The van der Waals surface area contributed by atoms with Gasteiger partial charge in [-0.05, 0) is 31.2 Å². The molecular formula is C21H23N3O5S. The Labute approximate surface area is 174 Å². The summed E-state index contributed by atoms with van der Waals surface area (Å²) in [4.78, 5) is 25.2. The number of carbonyl (C=O) groups is 1. The number of para-hydroxylation sites is 1. The lowest BCUT2D eigenvalue weighted by molar-refractivity contribution is 0.102. The highest BCUT2D eigenvalue weighted by Gasteiger charge is 2.23. The van der Waals surface area contributed by atoms with Gasteiger partial charge in [-0.2, -0.15) is 0 Å². The number of benzene rings is 2. The maximum atomic E-state index is 12.9. The summed E-state index contributed by atoms with van der Waals surface area (Å²) in [5.74, 6) is -0.315. The molecule has 0 aliphatic heterocycles. The van der Waals surface area contributed by atoms with E-state index in [1.165, 1.54) is 36.9 Å². The van der Waals surface area contributed by atoms with Gasteiger partial charge in [0.1, 0.15) is 10.6 Å². The third kappa shape index (κ3) is 3.94. The topological polar surface area (TPSA) is 97.7 Å². The second-order valence-electron chi connectivity index (χ2n) is 6.81. The van der Waals surface area contributed by atoms with Crippen molar-refractivity contribution in [3.63, 3.8) is 0 Å². The number of sulfonamides is 1. The lowest BCUT2D eigenvalue weighted by Gasteiger charge is -2.17. The van der Waals surface area contributed by atoms with E-state index in [2.05, 4.69) is 5.32 Å². The van der Waals surface area contributed by atoms with Crippen LogP contribution in [-0.4, -0.2) is 43.9 Å². The maximum absolute atomic E-state index is 12.9. The molecule has 0 fully saturated rings. The molecule has 2 aromatic carbocycles. The summed E-state index contributed by atoms with van der Waals surface area (Å²) in [5, 5.41) is 3.31. The number of aromatic nitrogens is 1. The third-order valence-electron chi connectivity index (χ3n) is 4.66. The summed E-state index contributed by atoms with van der Waals surface area (Å²) in [5.41, 5.74) is 0.785. The van der Waals surface area contributed by atoms with E-state index in [0.717, 1.165) is 4.31 Å². The van der Waals surface area contributed by atoms with Gasteiger partial charge in [0.05, 0.1) is 17.7 Å². The molecule has 1 amide bonds. The number of ether oxygens (including phenoxy) is 1. The van der Waals surface area contributed by atoms with Crippen LogP contribution in [0.5, 0.6) is 5.75 Å². The van der Waals surface area contributed by atoms with Crippen LogP contribution in [0.3, 0.4) is 0 Å². The Hall–Kier alpha value is -3.17. The monoisotopic (exact) mass is 429 g/mol. The number of carbonyl (C=O) groups excluding carboxylic acids is 1. The minimum Gasteiger partial charge on any atom is -0.492 e. The minimum absolute atomic E-state index is 0.0546. The molecule has 0 atom stereocenters. The van der Waals surface area contributed by atoms with Crippen LogP contribution < -0.4 is 15.6 Å². The second kappa shape index (κ2) is 8.29. The Bertz CT molecular complexity index is 1280. The molecule has 0 bridgehead atoms. The Morgan fingerprint density at radius 2 is 1.83 bits per heavy atom. The van der Waals surface area contributed by atoms with Gasteiger partial charge in [0.2, 0.25) is 10.0 Å². The van der Waals surface area contributed by atoms with Crippen molar-refractivity contribution >= 4 is 32.5 Å². The molecule has 158 valence electrons. The first-order valence-corrected chi connectivity index (χ1v) is 10.7. The van der Waals surface area contributed by atoms with E-state index in [9.17, 15) is 18.0 Å². The fourth-order valence-corrected chi connectivity index (χ4v) is 4.11. The number of aryl methyl sites for hydroxylation is 1. The Balaban J connectivity index is 2.06. The Morgan fingerprint density at radius 1 is 1.13 bits per heavy atom. The van der Waals surface area contributed by atoms with Crippen LogP contribution in [0, 0.1) is 0 Å². The SMILES string of the molecule is CCOc1ccc(NC(=O)c2cc(=O)n(C)c3ccccc23)cc1S(=O)(=O)N(C)C. The zero-order valence-corrected chi connectivity index (χ0v) is 18.0. The van der Waals surface area contributed by atoms with Crippen molar-refractivity contribution < 1.29 is 17.9 Å². The molecule has 0 saturated carbocycles. The van der Waals surface area contributed by atoms with Crippen LogP contribution in [0.1, 0.15) is 17.3 Å². The number of nitrogens with zero attached hydrogens (tertiary/aromatic N) is 2. The summed E-state index contributed by atoms with van der Waals surface area (Å²) in [6.45, 7) is 2.05. The van der Waals surface area contributed by atoms with Crippen molar-refractivity contribution in [3.8, 4) is 5.75 Å². The highest BCUT2D eigenvalue weighted by molar-refractivity contribution is 7.89. The van der Waals surface area contributed by atoms with Gasteiger partial charge in [-0.15, -0.1) is 0 Å². The normalized spacial score (nSPS) is 11.6. The van der Waals surface area contributed by atoms with Crippen molar-refractivity contribution in [2.45, 2.75) is 11.8 Å². The average Bonchev–Trinajstić information content (AvgIpc) is 2.71. The lowest BCUT2D eigenvalue weighted by Crippen LogP contribution is -2.24. The molecule has 0 unspecified atom stereocenters. The zero-order chi connectivity index (χ0) is 22.1. The minimum atomic E-state index is -3.80. The summed E-state index contributed by atoms with van der Waals surface area (Å²) in [6.07, 6.45) is 0. The van der Waals surface area contributed by atoms with Gasteiger partial charge in [0, 0.05) is 38.3 Å². The summed E-state index contributed by atoms with van der Waals surface area (Å²) in [7, 11) is 0.678. The number of hydrogen-bond donors (Lipinski definition) is 1. The van der Waals surface area contributed by atoms with Gasteiger partial charge in [-0.3, -0.25) is 9.59 Å². The predicted octanol–water partition coefficient (Wildman–Crippen LogP) is 2.44. The highest BCUT2D eigenvalue weighted by atomic mass is 32.2. The number of anilines is 1. The van der Waals surface area contributed by atoms with E-state index in [0.29, 0.717) is 17.5 Å².